The van der Waals surface area contributed by atoms with Gasteiger partial charge in [0, 0.05) is 6.54 Å². The van der Waals surface area contributed by atoms with Crippen molar-refractivity contribution in [2.45, 2.75) is 13.0 Å². The number of carbonyl (C=O) groups excluding carboxylic acids is 1. The third-order valence-corrected chi connectivity index (χ3v) is 2.77. The van der Waals surface area contributed by atoms with E-state index in [0.29, 0.717) is 18.8 Å². The fraction of sp³-hybridized carbons (Fsp3) is 0.417. The average Bonchev–Trinajstić information content (AvgIpc) is 2.29. The molecule has 0 unspecified atom stereocenters. The number of hydrogen-bond acceptors (Lipinski definition) is 3. The summed E-state index contributed by atoms with van der Waals surface area (Å²) in [6.45, 7) is 1.27. The Labute approximate surface area is 101 Å². The summed E-state index contributed by atoms with van der Waals surface area (Å²) in [6, 6.07) is 8.18. The molecule has 0 radical (unpaired) electrons. The predicted octanol–water partition coefficient (Wildman–Crippen LogP) is 1.17. The van der Waals surface area contributed by atoms with Crippen LogP contribution in [0.2, 0.25) is 0 Å². The van der Waals surface area contributed by atoms with E-state index in [4.69, 9.17) is 5.73 Å². The minimum absolute atomic E-state index is 0.0820. The van der Waals surface area contributed by atoms with Gasteiger partial charge in [0.2, 0.25) is 5.91 Å². The van der Waals surface area contributed by atoms with E-state index >= 15 is 0 Å². The fourth-order valence-electron chi connectivity index (χ4n) is 1.37. The molecule has 0 saturated heterocycles. The van der Waals surface area contributed by atoms with E-state index in [1.54, 1.807) is 0 Å². The summed E-state index contributed by atoms with van der Waals surface area (Å²) >= 11 is 1.53. The Morgan fingerprint density at radius 3 is 2.50 bits per heavy atom. The lowest BCUT2D eigenvalue weighted by molar-refractivity contribution is -0.118. The molecule has 1 amide bonds. The molecule has 4 heteroatoms. The summed E-state index contributed by atoms with van der Waals surface area (Å²) in [5.74, 6) is 0.601. The zero-order valence-electron chi connectivity index (χ0n) is 9.53. The van der Waals surface area contributed by atoms with Gasteiger partial charge < -0.3 is 11.1 Å². The van der Waals surface area contributed by atoms with E-state index in [2.05, 4.69) is 17.4 Å². The number of nitrogens with two attached hydrogens (primary N) is 1. The normalized spacial score (nSPS) is 10.1. The topological polar surface area (TPSA) is 55.1 Å². The third-order valence-electron chi connectivity index (χ3n) is 2.22. The van der Waals surface area contributed by atoms with Gasteiger partial charge in [-0.1, -0.05) is 24.3 Å². The zero-order chi connectivity index (χ0) is 11.8. The molecule has 1 rings (SSSR count). The molecule has 0 bridgehead atoms. The van der Waals surface area contributed by atoms with Crippen LogP contribution in [-0.4, -0.2) is 24.5 Å². The molecule has 0 atom stereocenters. The first kappa shape index (κ1) is 13.1. The molecular weight excluding hydrogens is 220 g/mol. The van der Waals surface area contributed by atoms with Gasteiger partial charge in [0.1, 0.15) is 0 Å². The van der Waals surface area contributed by atoms with Gasteiger partial charge in [0.25, 0.3) is 0 Å². The molecule has 1 aromatic carbocycles. The SMILES string of the molecule is CSCC(=O)NCc1ccc(CCN)cc1. The van der Waals surface area contributed by atoms with Crippen molar-refractivity contribution in [2.75, 3.05) is 18.6 Å². The number of carbonyl (C=O) groups is 1. The summed E-state index contributed by atoms with van der Waals surface area (Å²) in [7, 11) is 0. The summed E-state index contributed by atoms with van der Waals surface area (Å²) in [5.41, 5.74) is 7.83. The van der Waals surface area contributed by atoms with Crippen molar-refractivity contribution in [3.05, 3.63) is 35.4 Å². The van der Waals surface area contributed by atoms with Crippen molar-refractivity contribution in [2.24, 2.45) is 5.73 Å². The Morgan fingerprint density at radius 2 is 1.94 bits per heavy atom. The highest BCUT2D eigenvalue weighted by atomic mass is 32.2. The average molecular weight is 238 g/mol. The van der Waals surface area contributed by atoms with Crippen LogP contribution in [0.15, 0.2) is 24.3 Å². The molecule has 0 saturated carbocycles. The Bertz CT molecular complexity index is 324. The van der Waals surface area contributed by atoms with Crippen LogP contribution in [0.25, 0.3) is 0 Å². The highest BCUT2D eigenvalue weighted by molar-refractivity contribution is 7.99. The molecule has 0 fully saturated rings. The second-order valence-electron chi connectivity index (χ2n) is 3.56. The molecule has 0 aromatic heterocycles. The molecule has 0 spiro atoms. The van der Waals surface area contributed by atoms with E-state index in [0.717, 1.165) is 12.0 Å². The molecule has 16 heavy (non-hydrogen) atoms. The number of rotatable bonds is 6. The Morgan fingerprint density at radius 1 is 1.31 bits per heavy atom. The lowest BCUT2D eigenvalue weighted by atomic mass is 10.1. The van der Waals surface area contributed by atoms with E-state index in [1.165, 1.54) is 17.3 Å². The summed E-state index contributed by atoms with van der Waals surface area (Å²) in [4.78, 5) is 11.2. The molecule has 3 N–H and O–H groups in total. The van der Waals surface area contributed by atoms with Crippen LogP contribution in [-0.2, 0) is 17.8 Å². The number of nitrogens with one attached hydrogen (secondary N) is 1. The maximum atomic E-state index is 11.2. The summed E-state index contributed by atoms with van der Waals surface area (Å²) < 4.78 is 0. The maximum Gasteiger partial charge on any atom is 0.230 e. The van der Waals surface area contributed by atoms with E-state index in [-0.39, 0.29) is 5.91 Å². The van der Waals surface area contributed by atoms with Crippen molar-refractivity contribution >= 4 is 17.7 Å². The first-order chi connectivity index (χ1) is 7.76. The van der Waals surface area contributed by atoms with Crippen LogP contribution in [0.5, 0.6) is 0 Å². The van der Waals surface area contributed by atoms with Crippen molar-refractivity contribution in [1.82, 2.24) is 5.32 Å². The van der Waals surface area contributed by atoms with E-state index in [1.807, 2.05) is 18.4 Å². The Balaban J connectivity index is 2.40. The van der Waals surface area contributed by atoms with Gasteiger partial charge in [-0.2, -0.15) is 11.8 Å². The standard InChI is InChI=1S/C12H18N2OS/c1-16-9-12(15)14-8-11-4-2-10(3-5-11)6-7-13/h2-5H,6-9,13H2,1H3,(H,14,15). The smallest absolute Gasteiger partial charge is 0.230 e. The Hall–Kier alpha value is -1.00. The van der Waals surface area contributed by atoms with Gasteiger partial charge in [-0.15, -0.1) is 0 Å². The summed E-state index contributed by atoms with van der Waals surface area (Å²) in [5, 5.41) is 2.87. The number of amides is 1. The van der Waals surface area contributed by atoms with Crippen molar-refractivity contribution in [3.63, 3.8) is 0 Å². The first-order valence-corrected chi connectivity index (χ1v) is 6.69. The van der Waals surface area contributed by atoms with Crippen LogP contribution >= 0.6 is 11.8 Å². The molecule has 0 aliphatic carbocycles. The molecule has 88 valence electrons. The van der Waals surface area contributed by atoms with Gasteiger partial charge >= 0.3 is 0 Å². The maximum absolute atomic E-state index is 11.2. The van der Waals surface area contributed by atoms with Gasteiger partial charge in [-0.3, -0.25) is 4.79 Å². The molecule has 3 nitrogen and oxygen atoms in total. The van der Waals surface area contributed by atoms with Crippen molar-refractivity contribution < 1.29 is 4.79 Å². The zero-order valence-corrected chi connectivity index (χ0v) is 10.3. The number of hydrogen-bond donors (Lipinski definition) is 2. The quantitative estimate of drug-likeness (QED) is 0.782. The number of benzene rings is 1. The van der Waals surface area contributed by atoms with Crippen LogP contribution in [0.4, 0.5) is 0 Å². The second kappa shape index (κ2) is 7.30. The molecule has 0 aliphatic heterocycles. The van der Waals surface area contributed by atoms with Crippen LogP contribution < -0.4 is 11.1 Å². The number of thioether (sulfide) groups is 1. The monoisotopic (exact) mass is 238 g/mol. The van der Waals surface area contributed by atoms with Crippen LogP contribution in [0.1, 0.15) is 11.1 Å². The minimum atomic E-state index is 0.0820. The molecule has 0 aliphatic rings. The minimum Gasteiger partial charge on any atom is -0.351 e. The van der Waals surface area contributed by atoms with Gasteiger partial charge in [0.15, 0.2) is 0 Å². The van der Waals surface area contributed by atoms with Crippen molar-refractivity contribution in [1.29, 1.82) is 0 Å². The van der Waals surface area contributed by atoms with E-state index in [9.17, 15) is 4.79 Å². The highest BCUT2D eigenvalue weighted by Gasteiger charge is 1.99. The Kier molecular flexibility index (Phi) is 5.96. The molecule has 0 heterocycles. The van der Waals surface area contributed by atoms with Crippen LogP contribution in [0, 0.1) is 0 Å². The van der Waals surface area contributed by atoms with Gasteiger partial charge in [-0.05, 0) is 30.3 Å². The molecule has 1 aromatic rings. The van der Waals surface area contributed by atoms with Crippen LogP contribution in [0.3, 0.4) is 0 Å². The first-order valence-electron chi connectivity index (χ1n) is 5.29. The lowest BCUT2D eigenvalue weighted by Crippen LogP contribution is -2.24. The van der Waals surface area contributed by atoms with E-state index < -0.39 is 0 Å². The second-order valence-corrected chi connectivity index (χ2v) is 4.43. The van der Waals surface area contributed by atoms with Crippen molar-refractivity contribution in [3.8, 4) is 0 Å². The molecular formula is C12H18N2OS. The largest absolute Gasteiger partial charge is 0.351 e. The van der Waals surface area contributed by atoms with Gasteiger partial charge in [-0.25, -0.2) is 0 Å². The summed E-state index contributed by atoms with van der Waals surface area (Å²) in [6.07, 6.45) is 2.82. The van der Waals surface area contributed by atoms with Gasteiger partial charge in [0.05, 0.1) is 5.75 Å². The third kappa shape index (κ3) is 4.68. The predicted molar refractivity (Wildman–Crippen MR) is 69.4 cm³/mol. The lowest BCUT2D eigenvalue weighted by Gasteiger charge is -2.05. The fourth-order valence-corrected chi connectivity index (χ4v) is 1.74. The highest BCUT2D eigenvalue weighted by Crippen LogP contribution is 2.04.